The molecule has 0 radical (unpaired) electrons. The molecule has 1 saturated carbocycles. The zero-order chi connectivity index (χ0) is 13.0. The average molecular weight is 252 g/mol. The van der Waals surface area contributed by atoms with Crippen LogP contribution >= 0.6 is 0 Å². The molecule has 1 saturated heterocycles. The fourth-order valence-electron chi connectivity index (χ4n) is 3.75. The minimum atomic E-state index is 0.0873. The van der Waals surface area contributed by atoms with Crippen molar-refractivity contribution in [1.29, 1.82) is 0 Å². The molecule has 0 aromatic rings. The second-order valence-corrected chi connectivity index (χ2v) is 5.85. The third-order valence-electron chi connectivity index (χ3n) is 4.88. The average Bonchev–Trinajstić information content (AvgIpc) is 2.94. The maximum Gasteiger partial charge on any atom is 0.239 e. The molecule has 1 aliphatic carbocycles. The molecule has 3 heteroatoms. The van der Waals surface area contributed by atoms with E-state index >= 15 is 0 Å². The molecule has 104 valence electrons. The molecule has 2 unspecified atom stereocenters. The Morgan fingerprint density at radius 1 is 1.11 bits per heavy atom. The molecule has 0 bridgehead atoms. The molecule has 0 spiro atoms. The fourth-order valence-corrected chi connectivity index (χ4v) is 3.75. The third kappa shape index (κ3) is 3.05. The summed E-state index contributed by atoms with van der Waals surface area (Å²) in [7, 11) is 0. The van der Waals surface area contributed by atoms with Crippen LogP contribution in [-0.4, -0.2) is 36.5 Å². The minimum absolute atomic E-state index is 0.0873. The Morgan fingerprint density at radius 3 is 2.39 bits per heavy atom. The normalized spacial score (nSPS) is 29.4. The molecule has 2 atom stereocenters. The number of carbonyl (C=O) groups excluding carboxylic acids is 1. The van der Waals surface area contributed by atoms with Crippen molar-refractivity contribution in [3.63, 3.8) is 0 Å². The van der Waals surface area contributed by atoms with Gasteiger partial charge in [0.2, 0.25) is 5.91 Å². The van der Waals surface area contributed by atoms with E-state index in [1.807, 2.05) is 4.90 Å². The van der Waals surface area contributed by atoms with Gasteiger partial charge in [-0.15, -0.1) is 0 Å². The molecule has 0 aromatic carbocycles. The van der Waals surface area contributed by atoms with E-state index in [1.165, 1.54) is 32.1 Å². The molecule has 0 aromatic heterocycles. The highest BCUT2D eigenvalue weighted by atomic mass is 16.2. The van der Waals surface area contributed by atoms with Gasteiger partial charge in [0.1, 0.15) is 0 Å². The summed E-state index contributed by atoms with van der Waals surface area (Å²) in [6, 6.07) is 0.0873. The zero-order valence-electron chi connectivity index (χ0n) is 12.0. The summed E-state index contributed by atoms with van der Waals surface area (Å²) < 4.78 is 0. The van der Waals surface area contributed by atoms with Crippen LogP contribution in [0.1, 0.15) is 52.4 Å². The van der Waals surface area contributed by atoms with Gasteiger partial charge in [-0.25, -0.2) is 0 Å². The molecular formula is C15H28N2O. The lowest BCUT2D eigenvalue weighted by atomic mass is 9.81. The molecule has 2 fully saturated rings. The van der Waals surface area contributed by atoms with Crippen molar-refractivity contribution in [3.8, 4) is 0 Å². The van der Waals surface area contributed by atoms with Crippen molar-refractivity contribution < 1.29 is 4.79 Å². The lowest BCUT2D eigenvalue weighted by molar-refractivity contribution is -0.134. The van der Waals surface area contributed by atoms with Gasteiger partial charge in [-0.3, -0.25) is 4.79 Å². The van der Waals surface area contributed by atoms with E-state index in [2.05, 4.69) is 19.2 Å². The standard InChI is InChI=1S/C15H28N2O/c1-3-17(4-2)15(18)14-11-13(9-10-16-14)12-7-5-6-8-12/h12-14,16H,3-11H2,1-2H3. The van der Waals surface area contributed by atoms with Gasteiger partial charge in [0.05, 0.1) is 6.04 Å². The van der Waals surface area contributed by atoms with E-state index in [9.17, 15) is 4.79 Å². The van der Waals surface area contributed by atoms with Crippen molar-refractivity contribution in [2.24, 2.45) is 11.8 Å². The highest BCUT2D eigenvalue weighted by Crippen LogP contribution is 2.36. The Bertz CT molecular complexity index is 270. The Labute approximate surface area is 111 Å². The third-order valence-corrected chi connectivity index (χ3v) is 4.88. The lowest BCUT2D eigenvalue weighted by Gasteiger charge is -2.35. The van der Waals surface area contributed by atoms with Crippen LogP contribution in [0.25, 0.3) is 0 Å². The number of piperidine rings is 1. The summed E-state index contributed by atoms with van der Waals surface area (Å²) in [5, 5.41) is 3.43. The van der Waals surface area contributed by atoms with Crippen LogP contribution in [-0.2, 0) is 4.79 Å². The molecule has 1 N–H and O–H groups in total. The second kappa shape index (κ2) is 6.55. The summed E-state index contributed by atoms with van der Waals surface area (Å²) in [4.78, 5) is 14.4. The van der Waals surface area contributed by atoms with Crippen molar-refractivity contribution in [2.45, 2.75) is 58.4 Å². The van der Waals surface area contributed by atoms with Crippen LogP contribution in [0.3, 0.4) is 0 Å². The van der Waals surface area contributed by atoms with E-state index in [0.29, 0.717) is 5.91 Å². The Hall–Kier alpha value is -0.570. The number of hydrogen-bond acceptors (Lipinski definition) is 2. The maximum absolute atomic E-state index is 12.4. The summed E-state index contributed by atoms with van der Waals surface area (Å²) in [6.07, 6.45) is 7.95. The monoisotopic (exact) mass is 252 g/mol. The lowest BCUT2D eigenvalue weighted by Crippen LogP contribution is -2.51. The van der Waals surface area contributed by atoms with Gasteiger partial charge in [-0.05, 0) is 45.1 Å². The van der Waals surface area contributed by atoms with E-state index < -0.39 is 0 Å². The van der Waals surface area contributed by atoms with Crippen molar-refractivity contribution in [1.82, 2.24) is 10.2 Å². The highest BCUT2D eigenvalue weighted by molar-refractivity contribution is 5.82. The van der Waals surface area contributed by atoms with Crippen LogP contribution in [0.5, 0.6) is 0 Å². The molecule has 3 nitrogen and oxygen atoms in total. The van der Waals surface area contributed by atoms with Crippen LogP contribution in [0.4, 0.5) is 0 Å². The number of likely N-dealkylation sites (N-methyl/N-ethyl adjacent to an activating group) is 1. The van der Waals surface area contributed by atoms with Gasteiger partial charge in [-0.2, -0.15) is 0 Å². The zero-order valence-corrected chi connectivity index (χ0v) is 12.0. The van der Waals surface area contributed by atoms with Crippen LogP contribution in [0.15, 0.2) is 0 Å². The summed E-state index contributed by atoms with van der Waals surface area (Å²) >= 11 is 0. The Balaban J connectivity index is 1.91. The first-order valence-electron chi connectivity index (χ1n) is 7.78. The SMILES string of the molecule is CCN(CC)C(=O)C1CC(C2CCCC2)CCN1. The first-order chi connectivity index (χ1) is 8.76. The number of rotatable bonds is 4. The molecule has 1 aliphatic heterocycles. The van der Waals surface area contributed by atoms with E-state index in [4.69, 9.17) is 0 Å². The Morgan fingerprint density at radius 2 is 1.78 bits per heavy atom. The number of nitrogens with zero attached hydrogens (tertiary/aromatic N) is 1. The topological polar surface area (TPSA) is 32.3 Å². The minimum Gasteiger partial charge on any atom is -0.342 e. The summed E-state index contributed by atoms with van der Waals surface area (Å²) in [5.41, 5.74) is 0. The molecule has 18 heavy (non-hydrogen) atoms. The van der Waals surface area contributed by atoms with Gasteiger partial charge in [0.15, 0.2) is 0 Å². The quantitative estimate of drug-likeness (QED) is 0.833. The molecular weight excluding hydrogens is 224 g/mol. The molecule has 2 rings (SSSR count). The summed E-state index contributed by atoms with van der Waals surface area (Å²) in [6.45, 7) is 6.83. The van der Waals surface area contributed by atoms with Gasteiger partial charge < -0.3 is 10.2 Å². The van der Waals surface area contributed by atoms with Gasteiger partial charge in [-0.1, -0.05) is 25.7 Å². The van der Waals surface area contributed by atoms with Crippen LogP contribution in [0, 0.1) is 11.8 Å². The fraction of sp³-hybridized carbons (Fsp3) is 0.933. The van der Waals surface area contributed by atoms with Crippen LogP contribution in [0.2, 0.25) is 0 Å². The van der Waals surface area contributed by atoms with Crippen molar-refractivity contribution >= 4 is 5.91 Å². The number of carbonyl (C=O) groups is 1. The Kier molecular flexibility index (Phi) is 5.04. The van der Waals surface area contributed by atoms with Crippen molar-refractivity contribution in [2.75, 3.05) is 19.6 Å². The second-order valence-electron chi connectivity index (χ2n) is 5.85. The number of nitrogens with one attached hydrogen (secondary N) is 1. The van der Waals surface area contributed by atoms with Crippen molar-refractivity contribution in [3.05, 3.63) is 0 Å². The smallest absolute Gasteiger partial charge is 0.239 e. The predicted octanol–water partition coefficient (Wildman–Crippen LogP) is 2.41. The largest absolute Gasteiger partial charge is 0.342 e. The van der Waals surface area contributed by atoms with E-state index in [0.717, 1.165) is 37.9 Å². The highest BCUT2D eigenvalue weighted by Gasteiger charge is 2.33. The van der Waals surface area contributed by atoms with Crippen LogP contribution < -0.4 is 5.32 Å². The first-order valence-corrected chi connectivity index (χ1v) is 7.78. The first kappa shape index (κ1) is 13.9. The number of amides is 1. The summed E-state index contributed by atoms with van der Waals surface area (Å²) in [5.74, 6) is 2.01. The van der Waals surface area contributed by atoms with E-state index in [-0.39, 0.29) is 6.04 Å². The van der Waals surface area contributed by atoms with E-state index in [1.54, 1.807) is 0 Å². The molecule has 2 aliphatic rings. The molecule has 1 amide bonds. The van der Waals surface area contributed by atoms with Gasteiger partial charge in [0.25, 0.3) is 0 Å². The molecule has 1 heterocycles. The number of hydrogen-bond donors (Lipinski definition) is 1. The maximum atomic E-state index is 12.4. The predicted molar refractivity (Wildman–Crippen MR) is 74.4 cm³/mol. The van der Waals surface area contributed by atoms with Gasteiger partial charge in [0, 0.05) is 13.1 Å². The van der Waals surface area contributed by atoms with Gasteiger partial charge >= 0.3 is 0 Å².